The first-order valence-electron chi connectivity index (χ1n) is 9.88. The van der Waals surface area contributed by atoms with Gasteiger partial charge in [-0.15, -0.1) is 0 Å². The lowest BCUT2D eigenvalue weighted by Crippen LogP contribution is -2.29. The number of amides is 2. The third-order valence-electron chi connectivity index (χ3n) is 5.47. The van der Waals surface area contributed by atoms with Crippen LogP contribution in [0.25, 0.3) is 5.76 Å². The maximum atomic E-state index is 13.1. The lowest BCUT2D eigenvalue weighted by Gasteiger charge is -2.20. The van der Waals surface area contributed by atoms with Crippen molar-refractivity contribution in [3.8, 4) is 0 Å². The summed E-state index contributed by atoms with van der Waals surface area (Å²) in [6.07, 6.45) is 0. The highest BCUT2D eigenvalue weighted by molar-refractivity contribution is 6.51. The summed E-state index contributed by atoms with van der Waals surface area (Å²) in [5.41, 5.74) is 1.26. The molecule has 4 heterocycles. The number of aliphatic hydroxyl groups is 1. The molecule has 2 amide bonds. The Hall–Kier alpha value is -4.08. The SMILES string of the molecule is CNC(=O)c1[nH]c(C)c(/C(O)=C2\C(=O)C(=O)N(c3cc(C)on3)C2c2ccc(C)o2)c1C. The maximum Gasteiger partial charge on any atom is 0.301 e. The van der Waals surface area contributed by atoms with Gasteiger partial charge in [-0.1, -0.05) is 5.16 Å². The van der Waals surface area contributed by atoms with E-state index in [4.69, 9.17) is 8.94 Å². The third-order valence-corrected chi connectivity index (χ3v) is 5.47. The molecule has 1 aliphatic rings. The number of nitrogens with one attached hydrogen (secondary N) is 2. The van der Waals surface area contributed by atoms with Crippen molar-refractivity contribution in [1.29, 1.82) is 0 Å². The van der Waals surface area contributed by atoms with Crippen LogP contribution in [0.1, 0.15) is 50.6 Å². The summed E-state index contributed by atoms with van der Waals surface area (Å²) >= 11 is 0. The number of rotatable bonds is 4. The van der Waals surface area contributed by atoms with E-state index in [0.29, 0.717) is 22.8 Å². The number of nitrogens with zero attached hydrogens (tertiary/aromatic N) is 2. The molecule has 0 aromatic carbocycles. The van der Waals surface area contributed by atoms with Crippen LogP contribution in [0.4, 0.5) is 5.82 Å². The fraction of sp³-hybridized carbons (Fsp3) is 0.273. The molecule has 1 unspecified atom stereocenters. The molecule has 4 rings (SSSR count). The Labute approximate surface area is 182 Å². The smallest absolute Gasteiger partial charge is 0.301 e. The predicted octanol–water partition coefficient (Wildman–Crippen LogP) is 2.82. The Kier molecular flexibility index (Phi) is 5.00. The van der Waals surface area contributed by atoms with E-state index < -0.39 is 23.5 Å². The molecule has 1 atom stereocenters. The van der Waals surface area contributed by atoms with Gasteiger partial charge in [0.05, 0.1) is 5.57 Å². The van der Waals surface area contributed by atoms with E-state index in [1.54, 1.807) is 39.8 Å². The quantitative estimate of drug-likeness (QED) is 0.323. The number of aromatic amines is 1. The van der Waals surface area contributed by atoms with E-state index in [2.05, 4.69) is 15.5 Å². The van der Waals surface area contributed by atoms with Gasteiger partial charge in [0.15, 0.2) is 5.82 Å². The van der Waals surface area contributed by atoms with Gasteiger partial charge in [-0.25, -0.2) is 0 Å². The van der Waals surface area contributed by atoms with Crippen molar-refractivity contribution in [3.63, 3.8) is 0 Å². The summed E-state index contributed by atoms with van der Waals surface area (Å²) in [6.45, 7) is 6.70. The zero-order valence-corrected chi connectivity index (χ0v) is 18.2. The van der Waals surface area contributed by atoms with E-state index in [9.17, 15) is 19.5 Å². The highest BCUT2D eigenvalue weighted by Gasteiger charge is 2.50. The molecule has 0 bridgehead atoms. The molecule has 10 heteroatoms. The van der Waals surface area contributed by atoms with Gasteiger partial charge in [0.2, 0.25) is 0 Å². The number of hydrogen-bond acceptors (Lipinski definition) is 7. The lowest BCUT2D eigenvalue weighted by atomic mass is 9.97. The molecular formula is C22H22N4O6. The minimum Gasteiger partial charge on any atom is -0.507 e. The Balaban J connectivity index is 1.96. The monoisotopic (exact) mass is 438 g/mol. The normalized spacial score (nSPS) is 17.9. The maximum absolute atomic E-state index is 13.1. The standard InChI is InChI=1S/C22H22N4O6/c1-9-6-7-13(31-9)18-16(20(28)22(30)26(18)14-8-10(2)32-25-14)19(27)15-11(3)17(21(29)23-5)24-12(15)4/h6-8,18,24,27H,1-5H3,(H,23,29)/b19-16+. The number of carbonyl (C=O) groups is 3. The molecule has 0 saturated carbocycles. The highest BCUT2D eigenvalue weighted by Crippen LogP contribution is 2.43. The Morgan fingerprint density at radius 1 is 1.19 bits per heavy atom. The number of Topliss-reactive ketones (excluding diaryl/α,β-unsaturated/α-hetero) is 1. The summed E-state index contributed by atoms with van der Waals surface area (Å²) in [5.74, 6) is -1.15. The molecule has 3 N–H and O–H groups in total. The summed E-state index contributed by atoms with van der Waals surface area (Å²) in [4.78, 5) is 42.4. The lowest BCUT2D eigenvalue weighted by molar-refractivity contribution is -0.132. The average Bonchev–Trinajstić information content (AvgIpc) is 3.49. The van der Waals surface area contributed by atoms with Gasteiger partial charge < -0.3 is 24.3 Å². The Bertz CT molecular complexity index is 1290. The van der Waals surface area contributed by atoms with Crippen molar-refractivity contribution in [3.05, 3.63) is 63.6 Å². The zero-order chi connectivity index (χ0) is 23.3. The molecular weight excluding hydrogens is 416 g/mol. The number of furan rings is 1. The van der Waals surface area contributed by atoms with E-state index >= 15 is 0 Å². The van der Waals surface area contributed by atoms with Gasteiger partial charge in [-0.2, -0.15) is 0 Å². The molecule has 10 nitrogen and oxygen atoms in total. The first-order valence-corrected chi connectivity index (χ1v) is 9.88. The molecule has 0 spiro atoms. The van der Waals surface area contributed by atoms with Gasteiger partial charge >= 0.3 is 5.91 Å². The summed E-state index contributed by atoms with van der Waals surface area (Å²) < 4.78 is 10.8. The second-order valence-electron chi connectivity index (χ2n) is 7.62. The molecule has 32 heavy (non-hydrogen) atoms. The molecule has 1 fully saturated rings. The fourth-order valence-corrected chi connectivity index (χ4v) is 4.00. The van der Waals surface area contributed by atoms with Gasteiger partial charge in [-0.3, -0.25) is 19.3 Å². The van der Waals surface area contributed by atoms with Crippen LogP contribution >= 0.6 is 0 Å². The van der Waals surface area contributed by atoms with Crippen LogP contribution < -0.4 is 10.2 Å². The summed E-state index contributed by atoms with van der Waals surface area (Å²) in [7, 11) is 1.49. The van der Waals surface area contributed by atoms with Crippen LogP contribution in [0.3, 0.4) is 0 Å². The minimum absolute atomic E-state index is 0.122. The topological polar surface area (TPSA) is 142 Å². The number of hydrogen-bond donors (Lipinski definition) is 3. The van der Waals surface area contributed by atoms with Gasteiger partial charge in [-0.05, 0) is 45.4 Å². The van der Waals surface area contributed by atoms with Gasteiger partial charge in [0, 0.05) is 24.4 Å². The van der Waals surface area contributed by atoms with Crippen LogP contribution in [0.15, 0.2) is 32.7 Å². The van der Waals surface area contributed by atoms with Crippen molar-refractivity contribution in [2.45, 2.75) is 33.7 Å². The van der Waals surface area contributed by atoms with Crippen molar-refractivity contribution < 1.29 is 28.4 Å². The van der Waals surface area contributed by atoms with Crippen molar-refractivity contribution in [2.24, 2.45) is 0 Å². The highest BCUT2D eigenvalue weighted by atomic mass is 16.5. The first-order chi connectivity index (χ1) is 15.1. The van der Waals surface area contributed by atoms with Crippen LogP contribution in [0.5, 0.6) is 0 Å². The summed E-state index contributed by atoms with van der Waals surface area (Å²) in [5, 5.41) is 17.7. The second-order valence-corrected chi connectivity index (χ2v) is 7.62. The third kappa shape index (κ3) is 3.11. The number of aryl methyl sites for hydroxylation is 3. The van der Waals surface area contributed by atoms with Crippen LogP contribution in [-0.4, -0.2) is 39.9 Å². The van der Waals surface area contributed by atoms with Crippen LogP contribution in [-0.2, 0) is 9.59 Å². The zero-order valence-electron chi connectivity index (χ0n) is 18.2. The number of ketones is 1. The molecule has 0 aliphatic carbocycles. The first kappa shape index (κ1) is 21.2. The Morgan fingerprint density at radius 2 is 1.91 bits per heavy atom. The van der Waals surface area contributed by atoms with E-state index in [1.165, 1.54) is 13.1 Å². The van der Waals surface area contributed by atoms with Crippen LogP contribution in [0.2, 0.25) is 0 Å². The average molecular weight is 438 g/mol. The number of aliphatic hydroxyl groups excluding tert-OH is 1. The Morgan fingerprint density at radius 3 is 2.47 bits per heavy atom. The van der Waals surface area contributed by atoms with Crippen molar-refractivity contribution >= 4 is 29.2 Å². The van der Waals surface area contributed by atoms with E-state index in [1.807, 2.05) is 0 Å². The molecule has 1 aliphatic heterocycles. The number of H-pyrrole nitrogens is 1. The number of aromatic nitrogens is 2. The van der Waals surface area contributed by atoms with E-state index in [0.717, 1.165) is 4.90 Å². The molecule has 0 radical (unpaired) electrons. The second kappa shape index (κ2) is 7.56. The molecule has 166 valence electrons. The van der Waals surface area contributed by atoms with Gasteiger partial charge in [0.25, 0.3) is 11.7 Å². The minimum atomic E-state index is -1.06. The van der Waals surface area contributed by atoms with E-state index in [-0.39, 0.29) is 34.3 Å². The number of carbonyl (C=O) groups excluding carboxylic acids is 3. The number of anilines is 1. The molecule has 3 aromatic heterocycles. The fourth-order valence-electron chi connectivity index (χ4n) is 4.00. The largest absolute Gasteiger partial charge is 0.507 e. The summed E-state index contributed by atoms with van der Waals surface area (Å²) in [6, 6.07) is 3.78. The van der Waals surface area contributed by atoms with Gasteiger partial charge in [0.1, 0.15) is 34.8 Å². The van der Waals surface area contributed by atoms with Crippen LogP contribution in [0, 0.1) is 27.7 Å². The predicted molar refractivity (Wildman–Crippen MR) is 113 cm³/mol. The molecule has 1 saturated heterocycles. The van der Waals surface area contributed by atoms with Crippen molar-refractivity contribution in [2.75, 3.05) is 11.9 Å². The van der Waals surface area contributed by atoms with Crippen molar-refractivity contribution in [1.82, 2.24) is 15.5 Å². The molecule has 3 aromatic rings.